The van der Waals surface area contributed by atoms with Gasteiger partial charge in [0.2, 0.25) is 10.0 Å². The largest absolute Gasteiger partial charge is 0.240 e. The summed E-state index contributed by atoms with van der Waals surface area (Å²) < 4.78 is 27.7. The lowest BCUT2D eigenvalue weighted by molar-refractivity contribution is 0.434. The summed E-state index contributed by atoms with van der Waals surface area (Å²) in [6.07, 6.45) is 0.948. The monoisotopic (exact) mass is 319 g/mol. The Bertz CT molecular complexity index is 456. The zero-order valence-corrected chi connectivity index (χ0v) is 12.7. The molecule has 1 aromatic rings. The Balaban J connectivity index is 2.85. The third-order valence-corrected chi connectivity index (χ3v) is 5.07. The lowest BCUT2D eigenvalue weighted by atomic mass is 10.0. The van der Waals surface area contributed by atoms with E-state index in [1.54, 1.807) is 24.3 Å². The Labute approximate surface area is 112 Å². The van der Waals surface area contributed by atoms with Gasteiger partial charge in [0.15, 0.2) is 0 Å². The zero-order chi connectivity index (χ0) is 13.1. The standard InChI is InChI=1S/C12H18BrNO2S/c1-4-9(2)10(3)14-17(15,16)12-7-5-11(13)6-8-12/h5-10,14H,4H2,1-3H3. The molecular weight excluding hydrogens is 302 g/mol. The van der Waals surface area contributed by atoms with Crippen LogP contribution in [-0.2, 0) is 10.0 Å². The smallest absolute Gasteiger partial charge is 0.208 e. The highest BCUT2D eigenvalue weighted by Gasteiger charge is 2.19. The van der Waals surface area contributed by atoms with E-state index in [4.69, 9.17) is 0 Å². The molecule has 0 saturated carbocycles. The first-order chi connectivity index (χ1) is 7.86. The third-order valence-electron chi connectivity index (χ3n) is 2.96. The van der Waals surface area contributed by atoms with Crippen molar-refractivity contribution in [3.8, 4) is 0 Å². The molecule has 1 N–H and O–H groups in total. The van der Waals surface area contributed by atoms with E-state index < -0.39 is 10.0 Å². The van der Waals surface area contributed by atoms with Gasteiger partial charge >= 0.3 is 0 Å². The number of rotatable bonds is 5. The molecule has 2 atom stereocenters. The van der Waals surface area contributed by atoms with Crippen molar-refractivity contribution in [2.24, 2.45) is 5.92 Å². The summed E-state index contributed by atoms with van der Waals surface area (Å²) in [6.45, 7) is 5.98. The van der Waals surface area contributed by atoms with Crippen LogP contribution in [0.25, 0.3) is 0 Å². The van der Waals surface area contributed by atoms with Crippen molar-refractivity contribution in [1.29, 1.82) is 0 Å². The average Bonchev–Trinajstić information content (AvgIpc) is 2.27. The van der Waals surface area contributed by atoms with Crippen LogP contribution >= 0.6 is 15.9 Å². The van der Waals surface area contributed by atoms with Crippen LogP contribution in [-0.4, -0.2) is 14.5 Å². The van der Waals surface area contributed by atoms with Gasteiger partial charge in [-0.3, -0.25) is 0 Å². The summed E-state index contributed by atoms with van der Waals surface area (Å²) >= 11 is 3.28. The Hall–Kier alpha value is -0.390. The molecule has 3 nitrogen and oxygen atoms in total. The van der Waals surface area contributed by atoms with E-state index in [0.717, 1.165) is 10.9 Å². The van der Waals surface area contributed by atoms with Crippen LogP contribution in [0.15, 0.2) is 33.6 Å². The Kier molecular flexibility index (Phi) is 5.16. The molecule has 5 heteroatoms. The second-order valence-corrected chi connectivity index (χ2v) is 6.88. The number of sulfonamides is 1. The average molecular weight is 320 g/mol. The zero-order valence-electron chi connectivity index (χ0n) is 10.3. The van der Waals surface area contributed by atoms with Crippen molar-refractivity contribution in [1.82, 2.24) is 4.72 Å². The summed E-state index contributed by atoms with van der Waals surface area (Å²) in [6, 6.07) is 6.57. The van der Waals surface area contributed by atoms with Gasteiger partial charge in [-0.25, -0.2) is 13.1 Å². The molecule has 2 unspecified atom stereocenters. The van der Waals surface area contributed by atoms with Crippen LogP contribution in [0.3, 0.4) is 0 Å². The lowest BCUT2D eigenvalue weighted by Gasteiger charge is -2.19. The normalized spacial score (nSPS) is 15.5. The third kappa shape index (κ3) is 4.08. The fourth-order valence-electron chi connectivity index (χ4n) is 1.40. The molecule has 96 valence electrons. The van der Waals surface area contributed by atoms with Gasteiger partial charge in [-0.1, -0.05) is 36.2 Å². The topological polar surface area (TPSA) is 46.2 Å². The number of nitrogens with one attached hydrogen (secondary N) is 1. The highest BCUT2D eigenvalue weighted by atomic mass is 79.9. The summed E-state index contributed by atoms with van der Waals surface area (Å²) in [4.78, 5) is 0.302. The minimum Gasteiger partial charge on any atom is -0.208 e. The number of halogens is 1. The van der Waals surface area contributed by atoms with Crippen molar-refractivity contribution in [2.75, 3.05) is 0 Å². The summed E-state index contributed by atoms with van der Waals surface area (Å²) in [5.74, 6) is 0.320. The van der Waals surface area contributed by atoms with Crippen molar-refractivity contribution in [2.45, 2.75) is 38.1 Å². The van der Waals surface area contributed by atoms with Gasteiger partial charge in [-0.2, -0.15) is 0 Å². The first-order valence-electron chi connectivity index (χ1n) is 5.64. The SMILES string of the molecule is CCC(C)C(C)NS(=O)(=O)c1ccc(Br)cc1. The molecule has 0 amide bonds. The van der Waals surface area contributed by atoms with Crippen LogP contribution in [0.2, 0.25) is 0 Å². The first kappa shape index (κ1) is 14.7. The minimum absolute atomic E-state index is 0.0614. The van der Waals surface area contributed by atoms with Gasteiger partial charge in [0.25, 0.3) is 0 Å². The molecule has 0 aliphatic carbocycles. The lowest BCUT2D eigenvalue weighted by Crippen LogP contribution is -2.36. The maximum atomic E-state index is 12.0. The molecule has 0 aliphatic rings. The molecule has 17 heavy (non-hydrogen) atoms. The van der Waals surface area contributed by atoms with E-state index in [9.17, 15) is 8.42 Å². The summed E-state index contributed by atoms with van der Waals surface area (Å²) in [7, 11) is -3.40. The molecule has 0 heterocycles. The quantitative estimate of drug-likeness (QED) is 0.906. The molecular formula is C12H18BrNO2S. The number of benzene rings is 1. The van der Waals surface area contributed by atoms with Gasteiger partial charge < -0.3 is 0 Å². The second kappa shape index (κ2) is 5.98. The van der Waals surface area contributed by atoms with Crippen molar-refractivity contribution in [3.63, 3.8) is 0 Å². The van der Waals surface area contributed by atoms with Gasteiger partial charge in [0.1, 0.15) is 0 Å². The van der Waals surface area contributed by atoms with E-state index >= 15 is 0 Å². The number of hydrogen-bond acceptors (Lipinski definition) is 2. The maximum Gasteiger partial charge on any atom is 0.240 e. The van der Waals surface area contributed by atoms with E-state index in [1.807, 2.05) is 13.8 Å². The van der Waals surface area contributed by atoms with Crippen molar-refractivity contribution in [3.05, 3.63) is 28.7 Å². The second-order valence-electron chi connectivity index (χ2n) is 4.25. The predicted octanol–water partition coefficient (Wildman–Crippen LogP) is 3.16. The molecule has 0 aromatic heterocycles. The highest BCUT2D eigenvalue weighted by molar-refractivity contribution is 9.10. The molecule has 0 spiro atoms. The highest BCUT2D eigenvalue weighted by Crippen LogP contribution is 2.16. The van der Waals surface area contributed by atoms with Crippen LogP contribution in [0.1, 0.15) is 27.2 Å². The van der Waals surface area contributed by atoms with Gasteiger partial charge in [-0.05, 0) is 37.1 Å². The molecule has 0 saturated heterocycles. The van der Waals surface area contributed by atoms with Crippen LogP contribution < -0.4 is 4.72 Å². The Morgan fingerprint density at radius 3 is 2.24 bits per heavy atom. The van der Waals surface area contributed by atoms with E-state index in [1.165, 1.54) is 0 Å². The molecule has 1 aromatic carbocycles. The number of hydrogen-bond donors (Lipinski definition) is 1. The summed E-state index contributed by atoms with van der Waals surface area (Å²) in [5.41, 5.74) is 0. The fraction of sp³-hybridized carbons (Fsp3) is 0.500. The van der Waals surface area contributed by atoms with Crippen molar-refractivity contribution < 1.29 is 8.42 Å². The minimum atomic E-state index is -3.40. The van der Waals surface area contributed by atoms with Gasteiger partial charge in [-0.15, -0.1) is 0 Å². The fourth-order valence-corrected chi connectivity index (χ4v) is 3.01. The predicted molar refractivity (Wildman–Crippen MR) is 73.4 cm³/mol. The van der Waals surface area contributed by atoms with E-state index in [0.29, 0.717) is 10.8 Å². The maximum absolute atomic E-state index is 12.0. The Morgan fingerprint density at radius 2 is 1.76 bits per heavy atom. The van der Waals surface area contributed by atoms with E-state index in [2.05, 4.69) is 27.6 Å². The van der Waals surface area contributed by atoms with Gasteiger partial charge in [0, 0.05) is 10.5 Å². The molecule has 0 bridgehead atoms. The van der Waals surface area contributed by atoms with Crippen LogP contribution in [0.5, 0.6) is 0 Å². The Morgan fingerprint density at radius 1 is 1.24 bits per heavy atom. The first-order valence-corrected chi connectivity index (χ1v) is 7.92. The van der Waals surface area contributed by atoms with E-state index in [-0.39, 0.29) is 6.04 Å². The van der Waals surface area contributed by atoms with Gasteiger partial charge in [0.05, 0.1) is 4.90 Å². The molecule has 0 fully saturated rings. The molecule has 0 aliphatic heterocycles. The van der Waals surface area contributed by atoms with Crippen LogP contribution in [0.4, 0.5) is 0 Å². The van der Waals surface area contributed by atoms with Crippen molar-refractivity contribution >= 4 is 26.0 Å². The van der Waals surface area contributed by atoms with Crippen LogP contribution in [0, 0.1) is 5.92 Å². The molecule has 0 radical (unpaired) electrons. The molecule has 1 rings (SSSR count). The summed E-state index contributed by atoms with van der Waals surface area (Å²) in [5, 5.41) is 0.